The van der Waals surface area contributed by atoms with E-state index in [0.717, 1.165) is 50.0 Å². The zero-order valence-corrected chi connectivity index (χ0v) is 13.0. The largest absolute Gasteiger partial charge is 0.379 e. The molecule has 2 heterocycles. The van der Waals surface area contributed by atoms with Gasteiger partial charge < -0.3 is 10.1 Å². The van der Waals surface area contributed by atoms with Gasteiger partial charge in [-0.1, -0.05) is 6.92 Å². The van der Waals surface area contributed by atoms with Gasteiger partial charge in [0.25, 0.3) is 0 Å². The maximum atomic E-state index is 11.8. The lowest BCUT2D eigenvalue weighted by Gasteiger charge is -2.25. The van der Waals surface area contributed by atoms with Crippen LogP contribution in [-0.2, 0) is 22.5 Å². The highest BCUT2D eigenvalue weighted by molar-refractivity contribution is 7.09. The minimum Gasteiger partial charge on any atom is -0.379 e. The number of ether oxygens (including phenoxy) is 1. The summed E-state index contributed by atoms with van der Waals surface area (Å²) in [7, 11) is 0. The van der Waals surface area contributed by atoms with E-state index in [9.17, 15) is 4.79 Å². The summed E-state index contributed by atoms with van der Waals surface area (Å²) >= 11 is 1.64. The van der Waals surface area contributed by atoms with Gasteiger partial charge in [0, 0.05) is 24.5 Å². The van der Waals surface area contributed by atoms with Gasteiger partial charge in [0.05, 0.1) is 31.9 Å². The van der Waals surface area contributed by atoms with Crippen LogP contribution in [0.4, 0.5) is 0 Å². The molecule has 20 heavy (non-hydrogen) atoms. The van der Waals surface area contributed by atoms with Crippen LogP contribution in [0.25, 0.3) is 0 Å². The molecular weight excluding hydrogens is 274 g/mol. The summed E-state index contributed by atoms with van der Waals surface area (Å²) in [5, 5.41) is 6.04. The first-order valence-corrected chi connectivity index (χ1v) is 8.08. The van der Waals surface area contributed by atoms with Crippen LogP contribution < -0.4 is 5.32 Å². The molecule has 0 radical (unpaired) electrons. The van der Waals surface area contributed by atoms with Gasteiger partial charge in [0.2, 0.25) is 5.91 Å². The Bertz CT molecular complexity index is 430. The van der Waals surface area contributed by atoms with Gasteiger partial charge >= 0.3 is 0 Å². The fourth-order valence-corrected chi connectivity index (χ4v) is 2.88. The van der Waals surface area contributed by atoms with Crippen LogP contribution in [0.15, 0.2) is 5.38 Å². The van der Waals surface area contributed by atoms with Crippen molar-refractivity contribution in [1.29, 1.82) is 0 Å². The summed E-state index contributed by atoms with van der Waals surface area (Å²) in [6.45, 7) is 8.47. The van der Waals surface area contributed by atoms with Crippen LogP contribution in [0.5, 0.6) is 0 Å². The molecule has 1 atom stereocenters. The fourth-order valence-electron chi connectivity index (χ4n) is 2.05. The molecule has 0 aromatic carbocycles. The predicted molar refractivity (Wildman–Crippen MR) is 79.8 cm³/mol. The van der Waals surface area contributed by atoms with E-state index in [1.165, 1.54) is 0 Å². The molecular formula is C14H23N3O2S. The Hall–Kier alpha value is -0.980. The molecule has 1 aliphatic rings. The molecule has 0 saturated carbocycles. The van der Waals surface area contributed by atoms with E-state index in [0.29, 0.717) is 6.42 Å². The van der Waals surface area contributed by atoms with E-state index in [1.807, 2.05) is 12.3 Å². The van der Waals surface area contributed by atoms with Gasteiger partial charge in [0.1, 0.15) is 5.01 Å². The average Bonchev–Trinajstić information content (AvgIpc) is 2.86. The van der Waals surface area contributed by atoms with Crippen molar-refractivity contribution in [1.82, 2.24) is 15.2 Å². The van der Waals surface area contributed by atoms with Crippen molar-refractivity contribution in [3.63, 3.8) is 0 Å². The number of morpholine rings is 1. The Kier molecular flexibility index (Phi) is 5.94. The molecule has 1 unspecified atom stereocenters. The van der Waals surface area contributed by atoms with Crippen molar-refractivity contribution in [2.75, 3.05) is 26.3 Å². The summed E-state index contributed by atoms with van der Waals surface area (Å²) < 4.78 is 5.33. The normalized spacial score (nSPS) is 17.9. The second-order valence-corrected chi connectivity index (χ2v) is 6.12. The minimum atomic E-state index is 0.0579. The van der Waals surface area contributed by atoms with Gasteiger partial charge in [-0.2, -0.15) is 0 Å². The van der Waals surface area contributed by atoms with Crippen LogP contribution >= 0.6 is 11.3 Å². The Labute approximate surface area is 124 Å². The molecule has 1 aromatic heterocycles. The smallest absolute Gasteiger partial charge is 0.226 e. The van der Waals surface area contributed by atoms with E-state index in [1.54, 1.807) is 11.3 Å². The molecule has 1 saturated heterocycles. The van der Waals surface area contributed by atoms with Crippen molar-refractivity contribution in [2.45, 2.75) is 39.3 Å². The number of rotatable bonds is 6. The fraction of sp³-hybridized carbons (Fsp3) is 0.714. The molecule has 0 spiro atoms. The van der Waals surface area contributed by atoms with E-state index >= 15 is 0 Å². The van der Waals surface area contributed by atoms with Crippen LogP contribution in [-0.4, -0.2) is 48.1 Å². The third kappa shape index (κ3) is 4.85. The number of carbonyl (C=O) groups is 1. The molecule has 1 fully saturated rings. The summed E-state index contributed by atoms with van der Waals surface area (Å²) in [6, 6.07) is 0.231. The monoisotopic (exact) mass is 297 g/mol. The SMILES string of the molecule is CCC(C)NC(=O)Cc1csc(CN2CCOCC2)n1. The number of hydrogen-bond acceptors (Lipinski definition) is 5. The van der Waals surface area contributed by atoms with Crippen molar-refractivity contribution in [3.05, 3.63) is 16.1 Å². The highest BCUT2D eigenvalue weighted by Gasteiger charge is 2.14. The predicted octanol–water partition coefficient (Wildman–Crippen LogP) is 1.43. The number of aromatic nitrogens is 1. The molecule has 0 bridgehead atoms. The van der Waals surface area contributed by atoms with Crippen molar-refractivity contribution < 1.29 is 9.53 Å². The van der Waals surface area contributed by atoms with Gasteiger partial charge in [0.15, 0.2) is 0 Å². The van der Waals surface area contributed by atoms with Crippen LogP contribution in [0.3, 0.4) is 0 Å². The quantitative estimate of drug-likeness (QED) is 0.863. The molecule has 112 valence electrons. The van der Waals surface area contributed by atoms with Crippen molar-refractivity contribution >= 4 is 17.2 Å². The maximum absolute atomic E-state index is 11.8. The maximum Gasteiger partial charge on any atom is 0.226 e. The Balaban J connectivity index is 1.80. The summed E-state index contributed by atoms with van der Waals surface area (Å²) in [5.74, 6) is 0.0579. The minimum absolute atomic E-state index is 0.0579. The first kappa shape index (κ1) is 15.4. The number of thiazole rings is 1. The standard InChI is InChI=1S/C14H23N3O2S/c1-3-11(2)15-13(18)8-12-10-20-14(16-12)9-17-4-6-19-7-5-17/h10-11H,3-9H2,1-2H3,(H,15,18). The van der Waals surface area contributed by atoms with Crippen molar-refractivity contribution in [3.8, 4) is 0 Å². The van der Waals surface area contributed by atoms with E-state index < -0.39 is 0 Å². The van der Waals surface area contributed by atoms with Crippen molar-refractivity contribution in [2.24, 2.45) is 0 Å². The highest BCUT2D eigenvalue weighted by atomic mass is 32.1. The van der Waals surface area contributed by atoms with E-state index in [2.05, 4.69) is 22.1 Å². The molecule has 1 amide bonds. The zero-order chi connectivity index (χ0) is 14.4. The molecule has 1 aliphatic heterocycles. The molecule has 1 N–H and O–H groups in total. The number of amides is 1. The van der Waals surface area contributed by atoms with Crippen LogP contribution in [0, 0.1) is 0 Å². The lowest BCUT2D eigenvalue weighted by atomic mass is 10.2. The van der Waals surface area contributed by atoms with Crippen LogP contribution in [0.2, 0.25) is 0 Å². The van der Waals surface area contributed by atoms with E-state index in [-0.39, 0.29) is 11.9 Å². The molecule has 2 rings (SSSR count). The first-order valence-electron chi connectivity index (χ1n) is 7.20. The third-order valence-corrected chi connectivity index (χ3v) is 4.31. The molecule has 1 aromatic rings. The summed E-state index contributed by atoms with van der Waals surface area (Å²) in [4.78, 5) is 18.7. The zero-order valence-electron chi connectivity index (χ0n) is 12.2. The Morgan fingerprint density at radius 2 is 2.30 bits per heavy atom. The summed E-state index contributed by atoms with van der Waals surface area (Å²) in [5.41, 5.74) is 0.874. The van der Waals surface area contributed by atoms with Gasteiger partial charge in [-0.25, -0.2) is 4.98 Å². The highest BCUT2D eigenvalue weighted by Crippen LogP contribution is 2.14. The van der Waals surface area contributed by atoms with Gasteiger partial charge in [-0.3, -0.25) is 9.69 Å². The average molecular weight is 297 g/mol. The third-order valence-electron chi connectivity index (χ3n) is 3.42. The van der Waals surface area contributed by atoms with Crippen LogP contribution in [0.1, 0.15) is 31.0 Å². The Morgan fingerprint density at radius 1 is 1.55 bits per heavy atom. The topological polar surface area (TPSA) is 54.5 Å². The lowest BCUT2D eigenvalue weighted by molar-refractivity contribution is -0.121. The number of nitrogens with zero attached hydrogens (tertiary/aromatic N) is 2. The second-order valence-electron chi connectivity index (χ2n) is 5.17. The first-order chi connectivity index (χ1) is 9.67. The molecule has 6 heteroatoms. The molecule has 5 nitrogen and oxygen atoms in total. The van der Waals surface area contributed by atoms with Gasteiger partial charge in [-0.15, -0.1) is 11.3 Å². The molecule has 0 aliphatic carbocycles. The summed E-state index contributed by atoms with van der Waals surface area (Å²) in [6.07, 6.45) is 1.33. The second kappa shape index (κ2) is 7.71. The lowest BCUT2D eigenvalue weighted by Crippen LogP contribution is -2.35. The Morgan fingerprint density at radius 3 is 3.00 bits per heavy atom. The van der Waals surface area contributed by atoms with Gasteiger partial charge in [-0.05, 0) is 13.3 Å². The number of carbonyl (C=O) groups excluding carboxylic acids is 1. The van der Waals surface area contributed by atoms with E-state index in [4.69, 9.17) is 4.74 Å². The number of hydrogen-bond donors (Lipinski definition) is 1. The number of nitrogens with one attached hydrogen (secondary N) is 1.